The maximum Gasteiger partial charge on any atom is 0.434 e. The maximum atomic E-state index is 13.1. The second-order valence-electron chi connectivity index (χ2n) is 6.33. The van der Waals surface area contributed by atoms with Crippen LogP contribution in [0.15, 0.2) is 28.7 Å². The fourth-order valence-corrected chi connectivity index (χ4v) is 3.78. The highest BCUT2D eigenvalue weighted by atomic mass is 79.9. The van der Waals surface area contributed by atoms with Crippen molar-refractivity contribution < 1.29 is 22.4 Å². The van der Waals surface area contributed by atoms with Gasteiger partial charge >= 0.3 is 6.18 Å². The molecule has 0 bridgehead atoms. The van der Waals surface area contributed by atoms with Crippen molar-refractivity contribution in [3.63, 3.8) is 0 Å². The predicted octanol–water partition coefficient (Wildman–Crippen LogP) is 3.30. The standard InChI is InChI=1S/C17H17BrF4N4O/c1-24-15(17(20,21)22)13(18)14(23-24)16(27)26-8-6-25(7-9-26)10-11-2-4-12(19)5-3-11/h2-5H,6-10H2,1H3. The lowest BCUT2D eigenvalue weighted by Crippen LogP contribution is -2.48. The minimum absolute atomic E-state index is 0.239. The van der Waals surface area contributed by atoms with E-state index in [1.165, 1.54) is 17.0 Å². The Morgan fingerprint density at radius 2 is 1.74 bits per heavy atom. The van der Waals surface area contributed by atoms with Gasteiger partial charge in [-0.15, -0.1) is 0 Å². The van der Waals surface area contributed by atoms with E-state index >= 15 is 0 Å². The summed E-state index contributed by atoms with van der Waals surface area (Å²) in [7, 11) is 1.16. The summed E-state index contributed by atoms with van der Waals surface area (Å²) in [6, 6.07) is 6.20. The van der Waals surface area contributed by atoms with Crippen molar-refractivity contribution in [3.8, 4) is 0 Å². The van der Waals surface area contributed by atoms with Gasteiger partial charge in [-0.25, -0.2) is 4.39 Å². The molecule has 1 aliphatic rings. The topological polar surface area (TPSA) is 41.4 Å². The predicted molar refractivity (Wildman–Crippen MR) is 93.5 cm³/mol. The van der Waals surface area contributed by atoms with Crippen molar-refractivity contribution in [1.29, 1.82) is 0 Å². The number of rotatable bonds is 3. The van der Waals surface area contributed by atoms with Crippen LogP contribution >= 0.6 is 15.9 Å². The molecule has 1 aromatic heterocycles. The lowest BCUT2D eigenvalue weighted by atomic mass is 10.2. The fraction of sp³-hybridized carbons (Fsp3) is 0.412. The molecule has 1 aliphatic heterocycles. The molecule has 3 rings (SSSR count). The van der Waals surface area contributed by atoms with Crippen LogP contribution in [0, 0.1) is 5.82 Å². The molecule has 2 aromatic rings. The van der Waals surface area contributed by atoms with E-state index in [9.17, 15) is 22.4 Å². The van der Waals surface area contributed by atoms with Gasteiger partial charge in [0.15, 0.2) is 11.4 Å². The van der Waals surface area contributed by atoms with E-state index < -0.39 is 17.8 Å². The number of hydrogen-bond acceptors (Lipinski definition) is 3. The number of carbonyl (C=O) groups is 1. The van der Waals surface area contributed by atoms with Gasteiger partial charge < -0.3 is 4.90 Å². The van der Waals surface area contributed by atoms with E-state index in [2.05, 4.69) is 25.9 Å². The van der Waals surface area contributed by atoms with Gasteiger partial charge in [0.05, 0.1) is 4.47 Å². The third-order valence-corrected chi connectivity index (χ3v) is 5.19. The van der Waals surface area contributed by atoms with Crippen molar-refractivity contribution in [3.05, 3.63) is 51.5 Å². The third kappa shape index (κ3) is 4.32. The monoisotopic (exact) mass is 448 g/mol. The molecule has 0 saturated carbocycles. The first-order valence-corrected chi connectivity index (χ1v) is 9.02. The smallest absolute Gasteiger partial charge is 0.335 e. The molecule has 1 fully saturated rings. The highest BCUT2D eigenvalue weighted by molar-refractivity contribution is 9.10. The van der Waals surface area contributed by atoms with E-state index in [0.717, 1.165) is 12.6 Å². The summed E-state index contributed by atoms with van der Waals surface area (Å²) in [4.78, 5) is 16.2. The van der Waals surface area contributed by atoms with Gasteiger partial charge in [0.25, 0.3) is 5.91 Å². The number of piperazine rings is 1. The molecule has 27 heavy (non-hydrogen) atoms. The van der Waals surface area contributed by atoms with Gasteiger partial charge in [-0.05, 0) is 33.6 Å². The Morgan fingerprint density at radius 1 is 1.15 bits per heavy atom. The first kappa shape index (κ1) is 19.8. The molecule has 0 spiro atoms. The molecule has 1 amide bonds. The zero-order valence-corrected chi connectivity index (χ0v) is 16.0. The van der Waals surface area contributed by atoms with Gasteiger partial charge in [-0.3, -0.25) is 14.4 Å². The second kappa shape index (κ2) is 7.59. The first-order chi connectivity index (χ1) is 12.7. The molecule has 0 atom stereocenters. The van der Waals surface area contributed by atoms with Crippen LogP contribution in [0.2, 0.25) is 0 Å². The number of aromatic nitrogens is 2. The van der Waals surface area contributed by atoms with Crippen LogP contribution < -0.4 is 0 Å². The highest BCUT2D eigenvalue weighted by Crippen LogP contribution is 2.36. The largest absolute Gasteiger partial charge is 0.434 e. The van der Waals surface area contributed by atoms with E-state index in [0.29, 0.717) is 37.4 Å². The average molecular weight is 449 g/mol. The van der Waals surface area contributed by atoms with Gasteiger partial charge in [0, 0.05) is 39.8 Å². The summed E-state index contributed by atoms with van der Waals surface area (Å²) in [6.45, 7) is 2.52. The van der Waals surface area contributed by atoms with Crippen LogP contribution in [0.3, 0.4) is 0 Å². The molecule has 146 valence electrons. The van der Waals surface area contributed by atoms with E-state index in [1.54, 1.807) is 12.1 Å². The Hall–Kier alpha value is -1.94. The molecular weight excluding hydrogens is 432 g/mol. The first-order valence-electron chi connectivity index (χ1n) is 8.22. The quantitative estimate of drug-likeness (QED) is 0.676. The van der Waals surface area contributed by atoms with Crippen LogP contribution in [0.5, 0.6) is 0 Å². The van der Waals surface area contributed by atoms with Crippen LogP contribution in [0.1, 0.15) is 21.7 Å². The zero-order valence-electron chi connectivity index (χ0n) is 14.4. The number of amides is 1. The number of benzene rings is 1. The van der Waals surface area contributed by atoms with Crippen molar-refractivity contribution in [1.82, 2.24) is 19.6 Å². The van der Waals surface area contributed by atoms with Crippen LogP contribution in [0.25, 0.3) is 0 Å². The molecule has 1 aromatic carbocycles. The second-order valence-corrected chi connectivity index (χ2v) is 7.12. The van der Waals surface area contributed by atoms with E-state index in [1.807, 2.05) is 0 Å². The molecule has 2 heterocycles. The molecule has 0 N–H and O–H groups in total. The van der Waals surface area contributed by atoms with Crippen molar-refractivity contribution in [2.45, 2.75) is 12.7 Å². The number of carbonyl (C=O) groups excluding carboxylic acids is 1. The van der Waals surface area contributed by atoms with Crippen molar-refractivity contribution >= 4 is 21.8 Å². The third-order valence-electron chi connectivity index (χ3n) is 4.44. The number of nitrogens with zero attached hydrogens (tertiary/aromatic N) is 4. The highest BCUT2D eigenvalue weighted by Gasteiger charge is 2.40. The van der Waals surface area contributed by atoms with Crippen molar-refractivity contribution in [2.75, 3.05) is 26.2 Å². The summed E-state index contributed by atoms with van der Waals surface area (Å²) in [5.74, 6) is -0.831. The molecule has 5 nitrogen and oxygen atoms in total. The summed E-state index contributed by atoms with van der Waals surface area (Å²) >= 11 is 2.88. The van der Waals surface area contributed by atoms with Crippen molar-refractivity contribution in [2.24, 2.45) is 7.05 Å². The fourth-order valence-electron chi connectivity index (χ4n) is 3.05. The lowest BCUT2D eigenvalue weighted by Gasteiger charge is -2.34. The average Bonchev–Trinajstić information content (AvgIpc) is 2.91. The summed E-state index contributed by atoms with van der Waals surface area (Å²) in [5.41, 5.74) is -0.268. The van der Waals surface area contributed by atoms with Crippen LogP contribution in [-0.4, -0.2) is 51.7 Å². The Bertz CT molecular complexity index is 827. The number of hydrogen-bond donors (Lipinski definition) is 0. The Labute approximate surface area is 161 Å². The Morgan fingerprint density at radius 3 is 2.26 bits per heavy atom. The van der Waals surface area contributed by atoms with Gasteiger partial charge in [0.1, 0.15) is 5.82 Å². The van der Waals surface area contributed by atoms with Gasteiger partial charge in [-0.2, -0.15) is 18.3 Å². The van der Waals surface area contributed by atoms with Gasteiger partial charge in [0.2, 0.25) is 0 Å². The summed E-state index contributed by atoms with van der Waals surface area (Å²) in [5, 5.41) is 3.76. The molecule has 0 radical (unpaired) electrons. The number of alkyl halides is 3. The zero-order chi connectivity index (χ0) is 19.8. The molecule has 0 unspecified atom stereocenters. The van der Waals surface area contributed by atoms with E-state index in [4.69, 9.17) is 0 Å². The molecule has 0 aliphatic carbocycles. The summed E-state index contributed by atoms with van der Waals surface area (Å²) in [6.07, 6.45) is -4.60. The van der Waals surface area contributed by atoms with E-state index in [-0.39, 0.29) is 16.0 Å². The molecule has 1 saturated heterocycles. The molecular formula is C17H17BrF4N4O. The Balaban J connectivity index is 1.64. The van der Waals surface area contributed by atoms with Crippen LogP contribution in [-0.2, 0) is 19.8 Å². The number of aryl methyl sites for hydroxylation is 1. The SMILES string of the molecule is Cn1nc(C(=O)N2CCN(Cc3ccc(F)cc3)CC2)c(Br)c1C(F)(F)F. The minimum Gasteiger partial charge on any atom is -0.335 e. The Kier molecular flexibility index (Phi) is 5.57. The lowest BCUT2D eigenvalue weighted by molar-refractivity contribution is -0.144. The molecule has 10 heteroatoms. The minimum atomic E-state index is -4.60. The maximum absolute atomic E-state index is 13.1. The summed E-state index contributed by atoms with van der Waals surface area (Å²) < 4.78 is 52.5. The number of halogens is 5. The van der Waals surface area contributed by atoms with Gasteiger partial charge in [-0.1, -0.05) is 12.1 Å². The van der Waals surface area contributed by atoms with Crippen LogP contribution in [0.4, 0.5) is 17.6 Å². The normalized spacial score (nSPS) is 16.0.